The Hall–Kier alpha value is -0.950. The number of likely N-dealkylation sites (tertiary alicyclic amines) is 1. The second kappa shape index (κ2) is 7.55. The van der Waals surface area contributed by atoms with Crippen LogP contribution in [0.15, 0.2) is 30.3 Å². The number of piperidine rings is 1. The van der Waals surface area contributed by atoms with Gasteiger partial charge in [-0.3, -0.25) is 0 Å². The molecule has 2 rings (SSSR count). The Kier molecular flexibility index (Phi) is 5.97. The van der Waals surface area contributed by atoms with E-state index in [4.69, 9.17) is 0 Å². The lowest BCUT2D eigenvalue weighted by molar-refractivity contribution is 0.0850. The molecule has 0 saturated carbocycles. The van der Waals surface area contributed by atoms with Crippen LogP contribution in [0.4, 0.5) is 0 Å². The molecule has 1 aromatic rings. The third-order valence-corrected chi connectivity index (χ3v) is 5.73. The van der Waals surface area contributed by atoms with E-state index in [9.17, 15) is 13.5 Å². The summed E-state index contributed by atoms with van der Waals surface area (Å²) in [6, 6.07) is 9.74. The molecule has 1 atom stereocenters. The van der Waals surface area contributed by atoms with Gasteiger partial charge in [0.25, 0.3) is 0 Å². The molecule has 0 aliphatic carbocycles. The summed E-state index contributed by atoms with van der Waals surface area (Å²) in [6.45, 7) is 4.64. The van der Waals surface area contributed by atoms with E-state index < -0.39 is 16.1 Å². The van der Waals surface area contributed by atoms with E-state index in [2.05, 4.69) is 4.90 Å². The first-order chi connectivity index (χ1) is 10.4. The van der Waals surface area contributed by atoms with Crippen LogP contribution in [0.25, 0.3) is 0 Å². The first-order valence-electron chi connectivity index (χ1n) is 7.84. The summed E-state index contributed by atoms with van der Waals surface area (Å²) in [5, 5.41) is 10.3. The molecule has 0 bridgehead atoms. The molecule has 5 nitrogen and oxygen atoms in total. The Morgan fingerprint density at radius 2 is 1.86 bits per heavy atom. The SMILES string of the molecule is CCN(C1CCN(CC(O)c2ccccc2)CC1)S(C)(=O)=O. The van der Waals surface area contributed by atoms with Gasteiger partial charge in [0, 0.05) is 19.1 Å². The van der Waals surface area contributed by atoms with Crippen molar-refractivity contribution < 1.29 is 13.5 Å². The Labute approximate surface area is 133 Å². The van der Waals surface area contributed by atoms with Crippen LogP contribution >= 0.6 is 0 Å². The predicted molar refractivity (Wildman–Crippen MR) is 88.1 cm³/mol. The van der Waals surface area contributed by atoms with E-state index in [0.717, 1.165) is 31.5 Å². The van der Waals surface area contributed by atoms with Crippen molar-refractivity contribution in [1.29, 1.82) is 0 Å². The highest BCUT2D eigenvalue weighted by atomic mass is 32.2. The van der Waals surface area contributed by atoms with E-state index in [1.807, 2.05) is 37.3 Å². The van der Waals surface area contributed by atoms with Crippen molar-refractivity contribution in [1.82, 2.24) is 9.21 Å². The summed E-state index contributed by atoms with van der Waals surface area (Å²) in [6.07, 6.45) is 2.43. The minimum atomic E-state index is -3.13. The number of aliphatic hydroxyl groups is 1. The molecule has 124 valence electrons. The molecule has 1 fully saturated rings. The third-order valence-electron chi connectivity index (χ3n) is 4.32. The van der Waals surface area contributed by atoms with Crippen molar-refractivity contribution in [2.45, 2.75) is 31.9 Å². The standard InChI is InChI=1S/C16H26N2O3S/c1-3-18(22(2,20)21)15-9-11-17(12-10-15)13-16(19)14-7-5-4-6-8-14/h4-8,15-16,19H,3,9-13H2,1-2H3. The maximum absolute atomic E-state index is 11.8. The van der Waals surface area contributed by atoms with E-state index in [-0.39, 0.29) is 6.04 Å². The summed E-state index contributed by atoms with van der Waals surface area (Å²) in [4.78, 5) is 2.21. The quantitative estimate of drug-likeness (QED) is 0.860. The maximum atomic E-state index is 11.8. The molecule has 1 N–H and O–H groups in total. The molecule has 22 heavy (non-hydrogen) atoms. The molecular formula is C16H26N2O3S. The molecule has 1 saturated heterocycles. The number of sulfonamides is 1. The normalized spacial score (nSPS) is 19.5. The zero-order valence-electron chi connectivity index (χ0n) is 13.4. The van der Waals surface area contributed by atoms with Gasteiger partial charge in [0.15, 0.2) is 0 Å². The average molecular weight is 326 g/mol. The van der Waals surface area contributed by atoms with Gasteiger partial charge < -0.3 is 10.0 Å². The van der Waals surface area contributed by atoms with Crippen LogP contribution in [0, 0.1) is 0 Å². The van der Waals surface area contributed by atoms with Crippen LogP contribution in [0.1, 0.15) is 31.4 Å². The van der Waals surface area contributed by atoms with Crippen molar-refractivity contribution in [2.24, 2.45) is 0 Å². The van der Waals surface area contributed by atoms with E-state index in [1.165, 1.54) is 6.26 Å². The van der Waals surface area contributed by atoms with Gasteiger partial charge in [-0.2, -0.15) is 4.31 Å². The zero-order chi connectivity index (χ0) is 16.2. The Bertz CT molecular complexity index is 554. The number of benzene rings is 1. The van der Waals surface area contributed by atoms with Gasteiger partial charge in [0.1, 0.15) is 0 Å². The number of hydrogen-bond acceptors (Lipinski definition) is 4. The Morgan fingerprint density at radius 3 is 2.36 bits per heavy atom. The van der Waals surface area contributed by atoms with Crippen LogP contribution in [0.2, 0.25) is 0 Å². The van der Waals surface area contributed by atoms with Crippen LogP contribution in [-0.4, -0.2) is 61.2 Å². The predicted octanol–water partition coefficient (Wildman–Crippen LogP) is 1.47. The van der Waals surface area contributed by atoms with Gasteiger partial charge in [-0.05, 0) is 31.5 Å². The van der Waals surface area contributed by atoms with Crippen LogP contribution in [0.5, 0.6) is 0 Å². The van der Waals surface area contributed by atoms with Gasteiger partial charge in [0.2, 0.25) is 10.0 Å². The second-order valence-electron chi connectivity index (χ2n) is 5.92. The summed E-state index contributed by atoms with van der Waals surface area (Å²) in [7, 11) is -3.13. The molecule has 0 radical (unpaired) electrons. The Morgan fingerprint density at radius 1 is 1.27 bits per heavy atom. The summed E-state index contributed by atoms with van der Waals surface area (Å²) >= 11 is 0. The second-order valence-corrected chi connectivity index (χ2v) is 7.86. The lowest BCUT2D eigenvalue weighted by Crippen LogP contribution is -2.47. The zero-order valence-corrected chi connectivity index (χ0v) is 14.2. The fourth-order valence-electron chi connectivity index (χ4n) is 3.18. The number of nitrogens with zero attached hydrogens (tertiary/aromatic N) is 2. The van der Waals surface area contributed by atoms with E-state index in [1.54, 1.807) is 4.31 Å². The molecule has 1 aromatic carbocycles. The number of rotatable bonds is 6. The molecule has 1 aliphatic heterocycles. The fourth-order valence-corrected chi connectivity index (χ4v) is 4.40. The molecule has 0 spiro atoms. The first-order valence-corrected chi connectivity index (χ1v) is 9.68. The van der Waals surface area contributed by atoms with Crippen LogP contribution in [-0.2, 0) is 10.0 Å². The van der Waals surface area contributed by atoms with Crippen LogP contribution < -0.4 is 0 Å². The summed E-state index contributed by atoms with van der Waals surface area (Å²) in [5.41, 5.74) is 0.927. The first kappa shape index (κ1) is 17.4. The van der Waals surface area contributed by atoms with Gasteiger partial charge >= 0.3 is 0 Å². The van der Waals surface area contributed by atoms with Crippen molar-refractivity contribution >= 4 is 10.0 Å². The lowest BCUT2D eigenvalue weighted by Gasteiger charge is -2.37. The van der Waals surface area contributed by atoms with E-state index >= 15 is 0 Å². The lowest BCUT2D eigenvalue weighted by atomic mass is 10.0. The highest BCUT2D eigenvalue weighted by Gasteiger charge is 2.29. The van der Waals surface area contributed by atoms with Crippen molar-refractivity contribution in [3.05, 3.63) is 35.9 Å². The average Bonchev–Trinajstić information content (AvgIpc) is 2.49. The summed E-state index contributed by atoms with van der Waals surface area (Å²) in [5.74, 6) is 0. The molecule has 0 aromatic heterocycles. The highest BCUT2D eigenvalue weighted by Crippen LogP contribution is 2.21. The number of hydrogen-bond donors (Lipinski definition) is 1. The largest absolute Gasteiger partial charge is 0.387 e. The number of β-amino-alcohol motifs (C(OH)–C–C–N with tert-alkyl or cyclic N) is 1. The number of aliphatic hydroxyl groups excluding tert-OH is 1. The van der Waals surface area contributed by atoms with Crippen molar-refractivity contribution in [3.8, 4) is 0 Å². The summed E-state index contributed by atoms with van der Waals surface area (Å²) < 4.78 is 25.2. The van der Waals surface area contributed by atoms with Gasteiger partial charge in [-0.1, -0.05) is 37.3 Å². The van der Waals surface area contributed by atoms with Crippen LogP contribution in [0.3, 0.4) is 0 Å². The molecule has 6 heteroatoms. The minimum Gasteiger partial charge on any atom is -0.387 e. The monoisotopic (exact) mass is 326 g/mol. The molecule has 1 aliphatic rings. The fraction of sp³-hybridized carbons (Fsp3) is 0.625. The van der Waals surface area contributed by atoms with Gasteiger partial charge in [-0.25, -0.2) is 8.42 Å². The molecular weight excluding hydrogens is 300 g/mol. The smallest absolute Gasteiger partial charge is 0.211 e. The van der Waals surface area contributed by atoms with Gasteiger partial charge in [-0.15, -0.1) is 0 Å². The minimum absolute atomic E-state index is 0.0881. The third kappa shape index (κ3) is 4.52. The van der Waals surface area contributed by atoms with E-state index in [0.29, 0.717) is 13.1 Å². The van der Waals surface area contributed by atoms with Gasteiger partial charge in [0.05, 0.1) is 12.4 Å². The molecule has 1 unspecified atom stereocenters. The van der Waals surface area contributed by atoms with Crippen molar-refractivity contribution in [2.75, 3.05) is 32.4 Å². The molecule has 1 heterocycles. The Balaban J connectivity index is 1.87. The molecule has 0 amide bonds. The van der Waals surface area contributed by atoms with Crippen molar-refractivity contribution in [3.63, 3.8) is 0 Å². The highest BCUT2D eigenvalue weighted by molar-refractivity contribution is 7.88. The topological polar surface area (TPSA) is 60.9 Å². The maximum Gasteiger partial charge on any atom is 0.211 e.